The molecule has 1 N–H and O–H groups in total. The Kier molecular flexibility index (Phi) is 7.71. The number of hydrogen-bond acceptors (Lipinski definition) is 4. The molecule has 1 aliphatic heterocycles. The maximum absolute atomic E-state index is 13.2. The van der Waals surface area contributed by atoms with E-state index in [1.165, 1.54) is 18.2 Å². The molecule has 1 saturated heterocycles. The van der Waals surface area contributed by atoms with Crippen LogP contribution < -0.4 is 5.32 Å². The number of rotatable bonds is 6. The van der Waals surface area contributed by atoms with Crippen LogP contribution in [-0.4, -0.2) is 41.9 Å². The minimum Gasteiger partial charge on any atom is -0.360 e. The minimum absolute atomic E-state index is 0.0242. The third-order valence-corrected chi connectivity index (χ3v) is 6.15. The fourth-order valence-electron chi connectivity index (χ4n) is 4.39. The predicted octanol–water partition coefficient (Wildman–Crippen LogP) is 5.46. The molecule has 0 spiro atoms. The van der Waals surface area contributed by atoms with Gasteiger partial charge in [0.25, 0.3) is 5.91 Å². The Balaban J connectivity index is 1.46. The number of nitriles is 1. The SMILES string of the molecule is N#C/C(=C/Nc1ccccc1C(F)(F)F)C(=O)N1CCN(C(c2ccccc2)c2ccccc2)CC1. The fraction of sp³-hybridized carbons (Fsp3) is 0.214. The lowest BCUT2D eigenvalue weighted by atomic mass is 9.96. The van der Waals surface area contributed by atoms with Crippen molar-refractivity contribution in [2.45, 2.75) is 12.2 Å². The lowest BCUT2D eigenvalue weighted by Gasteiger charge is -2.39. The van der Waals surface area contributed by atoms with Crippen LogP contribution in [0.4, 0.5) is 18.9 Å². The lowest BCUT2D eigenvalue weighted by molar-refractivity contribution is -0.137. The first kappa shape index (κ1) is 25.0. The van der Waals surface area contributed by atoms with Crippen LogP contribution in [0.5, 0.6) is 0 Å². The summed E-state index contributed by atoms with van der Waals surface area (Å²) in [4.78, 5) is 16.9. The van der Waals surface area contributed by atoms with Gasteiger partial charge in [-0.25, -0.2) is 0 Å². The van der Waals surface area contributed by atoms with E-state index in [4.69, 9.17) is 0 Å². The molecule has 184 valence electrons. The molecular weight excluding hydrogens is 465 g/mol. The van der Waals surface area contributed by atoms with Gasteiger partial charge in [0, 0.05) is 32.4 Å². The second kappa shape index (κ2) is 11.1. The zero-order valence-corrected chi connectivity index (χ0v) is 19.4. The minimum atomic E-state index is -4.56. The van der Waals surface area contributed by atoms with Crippen molar-refractivity contribution < 1.29 is 18.0 Å². The Morgan fingerprint density at radius 3 is 1.92 bits per heavy atom. The number of nitrogens with zero attached hydrogens (tertiary/aromatic N) is 3. The largest absolute Gasteiger partial charge is 0.418 e. The van der Waals surface area contributed by atoms with E-state index in [0.717, 1.165) is 23.4 Å². The van der Waals surface area contributed by atoms with Crippen molar-refractivity contribution in [3.05, 3.63) is 113 Å². The first-order valence-electron chi connectivity index (χ1n) is 11.5. The smallest absolute Gasteiger partial charge is 0.360 e. The molecule has 0 aliphatic carbocycles. The summed E-state index contributed by atoms with van der Waals surface area (Å²) < 4.78 is 39.7. The highest BCUT2D eigenvalue weighted by Crippen LogP contribution is 2.34. The molecule has 1 amide bonds. The van der Waals surface area contributed by atoms with Crippen molar-refractivity contribution in [1.29, 1.82) is 5.26 Å². The molecule has 0 radical (unpaired) electrons. The van der Waals surface area contributed by atoms with Gasteiger partial charge in [-0.1, -0.05) is 72.8 Å². The van der Waals surface area contributed by atoms with E-state index in [1.807, 2.05) is 42.5 Å². The highest BCUT2D eigenvalue weighted by molar-refractivity contribution is 5.97. The van der Waals surface area contributed by atoms with Gasteiger partial charge >= 0.3 is 6.18 Å². The molecule has 1 aliphatic rings. The fourth-order valence-corrected chi connectivity index (χ4v) is 4.39. The Labute approximate surface area is 208 Å². The van der Waals surface area contributed by atoms with Crippen LogP contribution in [0.25, 0.3) is 0 Å². The van der Waals surface area contributed by atoms with E-state index >= 15 is 0 Å². The lowest BCUT2D eigenvalue weighted by Crippen LogP contribution is -2.50. The molecule has 0 unspecified atom stereocenters. The monoisotopic (exact) mass is 490 g/mol. The maximum Gasteiger partial charge on any atom is 0.418 e. The van der Waals surface area contributed by atoms with Crippen molar-refractivity contribution in [2.24, 2.45) is 0 Å². The molecule has 1 heterocycles. The Bertz CT molecular complexity index is 1210. The molecule has 0 aromatic heterocycles. The quantitative estimate of drug-likeness (QED) is 0.368. The van der Waals surface area contributed by atoms with Gasteiger partial charge in [0.2, 0.25) is 0 Å². The van der Waals surface area contributed by atoms with Gasteiger partial charge in [-0.15, -0.1) is 0 Å². The number of anilines is 1. The van der Waals surface area contributed by atoms with Gasteiger partial charge in [-0.3, -0.25) is 9.69 Å². The third-order valence-electron chi connectivity index (χ3n) is 6.15. The molecule has 3 aromatic rings. The number of halogens is 3. The molecule has 36 heavy (non-hydrogen) atoms. The van der Waals surface area contributed by atoms with Gasteiger partial charge in [0.15, 0.2) is 0 Å². The first-order valence-corrected chi connectivity index (χ1v) is 11.5. The average molecular weight is 491 g/mol. The topological polar surface area (TPSA) is 59.4 Å². The molecular formula is C28H25F3N4O. The molecule has 8 heteroatoms. The zero-order valence-electron chi connectivity index (χ0n) is 19.4. The molecule has 1 fully saturated rings. The van der Waals surface area contributed by atoms with Crippen LogP contribution in [0.15, 0.2) is 96.7 Å². The van der Waals surface area contributed by atoms with E-state index in [2.05, 4.69) is 34.5 Å². The molecule has 3 aromatic carbocycles. The molecule has 0 saturated carbocycles. The van der Waals surface area contributed by atoms with E-state index in [-0.39, 0.29) is 17.3 Å². The summed E-state index contributed by atoms with van der Waals surface area (Å²) in [5.41, 5.74) is 0.960. The molecule has 4 rings (SSSR count). The number of benzene rings is 3. The van der Waals surface area contributed by atoms with Crippen LogP contribution in [-0.2, 0) is 11.0 Å². The number of para-hydroxylation sites is 1. The number of hydrogen-bond donors (Lipinski definition) is 1. The van der Waals surface area contributed by atoms with Gasteiger partial charge in [0.05, 0.1) is 17.3 Å². The van der Waals surface area contributed by atoms with Crippen molar-refractivity contribution in [2.75, 3.05) is 31.5 Å². The molecule has 0 bridgehead atoms. The highest BCUT2D eigenvalue weighted by Gasteiger charge is 2.33. The molecule has 0 atom stereocenters. The van der Waals surface area contributed by atoms with Crippen molar-refractivity contribution in [3.63, 3.8) is 0 Å². The summed E-state index contributed by atoms with van der Waals surface area (Å²) in [6, 6.07) is 27.0. The van der Waals surface area contributed by atoms with Gasteiger partial charge in [-0.05, 0) is 23.3 Å². The summed E-state index contributed by atoms with van der Waals surface area (Å²) in [5.74, 6) is -0.509. The Morgan fingerprint density at radius 1 is 0.861 bits per heavy atom. The second-order valence-electron chi connectivity index (χ2n) is 8.41. The van der Waals surface area contributed by atoms with Crippen molar-refractivity contribution >= 4 is 11.6 Å². The van der Waals surface area contributed by atoms with Crippen LogP contribution in [0.1, 0.15) is 22.7 Å². The normalized spacial score (nSPS) is 15.0. The van der Waals surface area contributed by atoms with Crippen molar-refractivity contribution in [1.82, 2.24) is 9.80 Å². The number of nitrogens with one attached hydrogen (secondary N) is 1. The van der Waals surface area contributed by atoms with Crippen LogP contribution >= 0.6 is 0 Å². The van der Waals surface area contributed by atoms with Gasteiger partial charge in [-0.2, -0.15) is 18.4 Å². The van der Waals surface area contributed by atoms with Gasteiger partial charge in [0.1, 0.15) is 11.6 Å². The van der Waals surface area contributed by atoms with Crippen LogP contribution in [0, 0.1) is 11.3 Å². The van der Waals surface area contributed by atoms with Crippen LogP contribution in [0.3, 0.4) is 0 Å². The van der Waals surface area contributed by atoms with Crippen LogP contribution in [0.2, 0.25) is 0 Å². The standard InChI is InChI=1S/C28H25F3N4O/c29-28(30,31)24-13-7-8-14-25(24)33-20-23(19-32)27(36)35-17-15-34(16-18-35)26(21-9-3-1-4-10-21)22-11-5-2-6-12-22/h1-14,20,26,33H,15-18H2/b23-20-. The summed E-state index contributed by atoms with van der Waals surface area (Å²) >= 11 is 0. The third kappa shape index (κ3) is 5.75. The Morgan fingerprint density at radius 2 is 1.39 bits per heavy atom. The summed E-state index contributed by atoms with van der Waals surface area (Å²) in [6.07, 6.45) is -3.51. The second-order valence-corrected chi connectivity index (χ2v) is 8.41. The molecule has 5 nitrogen and oxygen atoms in total. The summed E-state index contributed by atoms with van der Waals surface area (Å²) in [7, 11) is 0. The maximum atomic E-state index is 13.2. The van der Waals surface area contributed by atoms with E-state index < -0.39 is 17.6 Å². The predicted molar refractivity (Wildman–Crippen MR) is 132 cm³/mol. The summed E-state index contributed by atoms with van der Waals surface area (Å²) in [5, 5.41) is 12.0. The first-order chi connectivity index (χ1) is 17.4. The number of carbonyl (C=O) groups excluding carboxylic acids is 1. The van der Waals surface area contributed by atoms with E-state index in [0.29, 0.717) is 26.2 Å². The Hall–Kier alpha value is -4.09. The zero-order chi connectivity index (χ0) is 25.5. The van der Waals surface area contributed by atoms with E-state index in [1.54, 1.807) is 4.90 Å². The number of alkyl halides is 3. The number of piperazine rings is 1. The van der Waals surface area contributed by atoms with E-state index in [9.17, 15) is 23.2 Å². The summed E-state index contributed by atoms with van der Waals surface area (Å²) in [6.45, 7) is 1.97. The highest BCUT2D eigenvalue weighted by atomic mass is 19.4. The van der Waals surface area contributed by atoms with Crippen molar-refractivity contribution in [3.8, 4) is 6.07 Å². The number of carbonyl (C=O) groups is 1. The average Bonchev–Trinajstić information content (AvgIpc) is 2.90. The van der Waals surface area contributed by atoms with Gasteiger partial charge < -0.3 is 10.2 Å². The number of amides is 1.